The fraction of sp³-hybridized carbons (Fsp3) is 0.538. The highest BCUT2D eigenvalue weighted by atomic mass is 28.3. The summed E-state index contributed by atoms with van der Waals surface area (Å²) in [6.07, 6.45) is 1.38. The molecular formula is C13H23NO3Si. The summed E-state index contributed by atoms with van der Waals surface area (Å²) in [5, 5.41) is 0. The van der Waals surface area contributed by atoms with E-state index < -0.39 is 9.53 Å². The van der Waals surface area contributed by atoms with Gasteiger partial charge in [0.15, 0.2) is 0 Å². The van der Waals surface area contributed by atoms with E-state index in [0.717, 1.165) is 6.54 Å². The van der Waals surface area contributed by atoms with Crippen LogP contribution in [-0.2, 0) is 19.8 Å². The Morgan fingerprint density at radius 1 is 1.00 bits per heavy atom. The minimum atomic E-state index is -1.67. The number of hydrogen-bond acceptors (Lipinski definition) is 4. The molecule has 1 aromatic rings. The molecule has 0 amide bonds. The average molecular weight is 269 g/mol. The molecule has 102 valence electrons. The summed E-state index contributed by atoms with van der Waals surface area (Å²) < 4.78 is 14.2. The molecule has 1 aliphatic rings. The first-order chi connectivity index (χ1) is 8.80. The van der Waals surface area contributed by atoms with Crippen molar-refractivity contribution in [2.45, 2.75) is 13.0 Å². The number of benzene rings is 1. The Morgan fingerprint density at radius 3 is 1.89 bits per heavy atom. The van der Waals surface area contributed by atoms with E-state index in [2.05, 4.69) is 35.2 Å². The van der Waals surface area contributed by atoms with E-state index in [9.17, 15) is 0 Å². The van der Waals surface area contributed by atoms with Crippen LogP contribution in [0.25, 0.3) is 0 Å². The van der Waals surface area contributed by atoms with E-state index >= 15 is 0 Å². The first kappa shape index (κ1) is 15.3. The third-order valence-electron chi connectivity index (χ3n) is 2.78. The van der Waals surface area contributed by atoms with Crippen LogP contribution in [0.5, 0.6) is 0 Å². The van der Waals surface area contributed by atoms with Gasteiger partial charge in [0.05, 0.1) is 0 Å². The van der Waals surface area contributed by atoms with Gasteiger partial charge in [0.25, 0.3) is 0 Å². The number of nitrogens with zero attached hydrogens (tertiary/aromatic N) is 1. The third-order valence-corrected chi connectivity index (χ3v) is 3.93. The first-order valence-electron chi connectivity index (χ1n) is 6.14. The van der Waals surface area contributed by atoms with Crippen molar-refractivity contribution in [3.05, 3.63) is 35.9 Å². The molecule has 18 heavy (non-hydrogen) atoms. The highest BCUT2D eigenvalue weighted by molar-refractivity contribution is 6.36. The van der Waals surface area contributed by atoms with Crippen LogP contribution in [0.2, 0.25) is 0 Å². The van der Waals surface area contributed by atoms with Crippen molar-refractivity contribution in [1.82, 2.24) is 4.90 Å². The molecule has 0 radical (unpaired) electrons. The van der Waals surface area contributed by atoms with Crippen molar-refractivity contribution in [3.63, 3.8) is 0 Å². The monoisotopic (exact) mass is 269 g/mol. The number of likely N-dealkylation sites (tertiary alicyclic amines) is 1. The Kier molecular flexibility index (Phi) is 7.87. The van der Waals surface area contributed by atoms with E-state index in [0.29, 0.717) is 0 Å². The fourth-order valence-electron chi connectivity index (χ4n) is 1.67. The van der Waals surface area contributed by atoms with E-state index in [1.54, 1.807) is 21.3 Å². The van der Waals surface area contributed by atoms with Crippen LogP contribution in [0.4, 0.5) is 0 Å². The lowest BCUT2D eigenvalue weighted by molar-refractivity contribution is 0.163. The zero-order valence-electron chi connectivity index (χ0n) is 11.5. The molecule has 0 unspecified atom stereocenters. The summed E-state index contributed by atoms with van der Waals surface area (Å²) in [5.74, 6) is 0. The van der Waals surface area contributed by atoms with Gasteiger partial charge in [-0.25, -0.2) is 0 Å². The molecule has 1 aliphatic heterocycles. The molecule has 4 nitrogen and oxygen atoms in total. The van der Waals surface area contributed by atoms with Crippen LogP contribution in [0.3, 0.4) is 0 Å². The second-order valence-corrected chi connectivity index (χ2v) is 6.10. The Hall–Kier alpha value is -0.723. The highest BCUT2D eigenvalue weighted by Gasteiger charge is 2.12. The standard InChI is InChI=1S/C10H13N.C3H10O3Si/c1-2-5-10(6-3-1)9-11-7-4-8-11;1-4-7(5-2)6-3/h1-3,5-6H,4,7-9H2;7H,1-3H3. The minimum absolute atomic E-state index is 1.14. The SMILES string of the molecule is CO[SiH](OC)OC.c1ccc(CN2CCC2)cc1. The summed E-state index contributed by atoms with van der Waals surface area (Å²) in [6, 6.07) is 10.7. The van der Waals surface area contributed by atoms with E-state index in [1.807, 2.05) is 0 Å². The third kappa shape index (κ3) is 5.75. The van der Waals surface area contributed by atoms with Crippen LogP contribution in [0.15, 0.2) is 30.3 Å². The first-order valence-corrected chi connectivity index (χ1v) is 7.56. The Bertz CT molecular complexity index is 297. The molecule has 1 fully saturated rings. The summed E-state index contributed by atoms with van der Waals surface area (Å²) >= 11 is 0. The smallest absolute Gasteiger partial charge is 0.379 e. The number of hydrogen-bond donors (Lipinski definition) is 0. The van der Waals surface area contributed by atoms with Gasteiger partial charge in [-0.1, -0.05) is 30.3 Å². The minimum Gasteiger partial charge on any atom is -0.379 e. The predicted octanol–water partition coefficient (Wildman–Crippen LogP) is 1.54. The van der Waals surface area contributed by atoms with E-state index in [-0.39, 0.29) is 0 Å². The zero-order chi connectivity index (χ0) is 13.2. The van der Waals surface area contributed by atoms with Gasteiger partial charge < -0.3 is 13.3 Å². The quantitative estimate of drug-likeness (QED) is 0.759. The maximum Gasteiger partial charge on any atom is 0.483 e. The van der Waals surface area contributed by atoms with Crippen LogP contribution < -0.4 is 0 Å². The van der Waals surface area contributed by atoms with Gasteiger partial charge in [-0.3, -0.25) is 4.90 Å². The summed E-state index contributed by atoms with van der Waals surface area (Å²) in [5.41, 5.74) is 1.44. The van der Waals surface area contributed by atoms with Crippen molar-refractivity contribution in [3.8, 4) is 0 Å². The molecule has 0 spiro atoms. The summed E-state index contributed by atoms with van der Waals surface area (Å²) in [6.45, 7) is 3.71. The zero-order valence-corrected chi connectivity index (χ0v) is 12.6. The van der Waals surface area contributed by atoms with E-state index in [1.165, 1.54) is 25.1 Å². The normalized spacial score (nSPS) is 14.9. The van der Waals surface area contributed by atoms with Crippen molar-refractivity contribution in [2.75, 3.05) is 34.4 Å². The molecule has 1 aromatic carbocycles. The lowest BCUT2D eigenvalue weighted by Crippen LogP contribution is -2.36. The number of rotatable bonds is 5. The van der Waals surface area contributed by atoms with Crippen molar-refractivity contribution in [2.24, 2.45) is 0 Å². The van der Waals surface area contributed by atoms with Crippen molar-refractivity contribution >= 4 is 9.53 Å². The second-order valence-electron chi connectivity index (χ2n) is 4.11. The van der Waals surface area contributed by atoms with Gasteiger partial charge >= 0.3 is 9.53 Å². The Balaban J connectivity index is 0.000000203. The van der Waals surface area contributed by atoms with Gasteiger partial charge in [-0.05, 0) is 25.1 Å². The van der Waals surface area contributed by atoms with Crippen molar-refractivity contribution in [1.29, 1.82) is 0 Å². The molecule has 0 saturated carbocycles. The summed E-state index contributed by atoms with van der Waals surface area (Å²) in [7, 11) is 3.05. The topological polar surface area (TPSA) is 30.9 Å². The fourth-order valence-corrected chi connectivity index (χ4v) is 2.25. The molecule has 1 saturated heterocycles. The van der Waals surface area contributed by atoms with Crippen LogP contribution in [0, 0.1) is 0 Å². The Labute approximate surface area is 111 Å². The molecule has 0 N–H and O–H groups in total. The Morgan fingerprint density at radius 2 is 1.56 bits per heavy atom. The molecule has 1 heterocycles. The van der Waals surface area contributed by atoms with Crippen LogP contribution in [0.1, 0.15) is 12.0 Å². The highest BCUT2D eigenvalue weighted by Crippen LogP contribution is 2.11. The molecule has 2 rings (SSSR count). The van der Waals surface area contributed by atoms with E-state index in [4.69, 9.17) is 13.3 Å². The largest absolute Gasteiger partial charge is 0.483 e. The second kappa shape index (κ2) is 9.24. The maximum absolute atomic E-state index is 4.74. The van der Waals surface area contributed by atoms with Gasteiger partial charge in [0, 0.05) is 27.9 Å². The summed E-state index contributed by atoms with van der Waals surface area (Å²) in [4.78, 5) is 2.47. The molecule has 0 atom stereocenters. The maximum atomic E-state index is 4.74. The molecule has 0 bridgehead atoms. The molecule has 0 aromatic heterocycles. The van der Waals surface area contributed by atoms with Gasteiger partial charge in [-0.2, -0.15) is 0 Å². The van der Waals surface area contributed by atoms with Gasteiger partial charge in [0.1, 0.15) is 0 Å². The predicted molar refractivity (Wildman–Crippen MR) is 74.5 cm³/mol. The van der Waals surface area contributed by atoms with Crippen LogP contribution in [-0.4, -0.2) is 48.8 Å². The van der Waals surface area contributed by atoms with Crippen LogP contribution >= 0.6 is 0 Å². The molecule has 0 aliphatic carbocycles. The van der Waals surface area contributed by atoms with Gasteiger partial charge in [-0.15, -0.1) is 0 Å². The molecular weight excluding hydrogens is 246 g/mol. The molecule has 5 heteroatoms. The van der Waals surface area contributed by atoms with Gasteiger partial charge in [0.2, 0.25) is 0 Å². The average Bonchev–Trinajstić information content (AvgIpc) is 2.38. The lowest BCUT2D eigenvalue weighted by Gasteiger charge is -2.30. The lowest BCUT2D eigenvalue weighted by atomic mass is 10.1. The van der Waals surface area contributed by atoms with Crippen molar-refractivity contribution < 1.29 is 13.3 Å².